The molecule has 1 aromatic carbocycles. The molecule has 0 bridgehead atoms. The Balaban J connectivity index is 3.46. The summed E-state index contributed by atoms with van der Waals surface area (Å²) < 4.78 is 25.5. The third-order valence-corrected chi connectivity index (χ3v) is 3.33. The summed E-state index contributed by atoms with van der Waals surface area (Å²) in [5.41, 5.74) is -2.69. The van der Waals surface area contributed by atoms with Crippen LogP contribution in [-0.2, 0) is 14.3 Å². The third-order valence-electron chi connectivity index (χ3n) is 3.33. The quantitative estimate of drug-likeness (QED) is 0.655. The second-order valence-electron chi connectivity index (χ2n) is 10.2. The van der Waals surface area contributed by atoms with Crippen LogP contribution in [0.15, 0.2) is 18.2 Å². The SMILES string of the molecule is CC(C)(C)CC(=O)Nc1cccc(F)c1N(C(=O)OC(C)(C)C)C(=O)OC(C)(C)C. The summed E-state index contributed by atoms with van der Waals surface area (Å²) in [4.78, 5) is 38.6. The van der Waals surface area contributed by atoms with E-state index in [-0.39, 0.29) is 23.4 Å². The predicted molar refractivity (Wildman–Crippen MR) is 114 cm³/mol. The Morgan fingerprint density at radius 3 is 1.77 bits per heavy atom. The summed E-state index contributed by atoms with van der Waals surface area (Å²) >= 11 is 0. The molecular formula is C22H33FN2O5. The molecule has 0 aromatic heterocycles. The fourth-order valence-corrected chi connectivity index (χ4v) is 2.39. The fraction of sp³-hybridized carbons (Fsp3) is 0.591. The van der Waals surface area contributed by atoms with Gasteiger partial charge in [0.25, 0.3) is 0 Å². The Kier molecular flexibility index (Phi) is 7.63. The van der Waals surface area contributed by atoms with Crippen molar-refractivity contribution in [3.05, 3.63) is 24.0 Å². The van der Waals surface area contributed by atoms with Crippen LogP contribution in [0.25, 0.3) is 0 Å². The van der Waals surface area contributed by atoms with E-state index in [0.717, 1.165) is 6.07 Å². The zero-order valence-electron chi connectivity index (χ0n) is 19.3. The molecule has 1 N–H and O–H groups in total. The smallest absolute Gasteiger partial charge is 0.424 e. The molecule has 0 saturated heterocycles. The summed E-state index contributed by atoms with van der Waals surface area (Å²) in [5, 5.41) is 2.59. The first-order valence-electron chi connectivity index (χ1n) is 9.74. The van der Waals surface area contributed by atoms with Crippen LogP contribution in [0.1, 0.15) is 68.7 Å². The van der Waals surface area contributed by atoms with Crippen LogP contribution in [0, 0.1) is 11.2 Å². The number of rotatable bonds is 3. The van der Waals surface area contributed by atoms with Crippen LogP contribution >= 0.6 is 0 Å². The van der Waals surface area contributed by atoms with Crippen LogP contribution in [0.5, 0.6) is 0 Å². The van der Waals surface area contributed by atoms with E-state index >= 15 is 0 Å². The van der Waals surface area contributed by atoms with E-state index in [9.17, 15) is 18.8 Å². The average molecular weight is 425 g/mol. The molecule has 7 nitrogen and oxygen atoms in total. The highest BCUT2D eigenvalue weighted by Gasteiger charge is 2.36. The highest BCUT2D eigenvalue weighted by molar-refractivity contribution is 6.13. The summed E-state index contributed by atoms with van der Waals surface area (Å²) in [7, 11) is 0. The number of anilines is 2. The Hall–Kier alpha value is -2.64. The van der Waals surface area contributed by atoms with Gasteiger partial charge in [0, 0.05) is 6.42 Å². The van der Waals surface area contributed by atoms with Gasteiger partial charge < -0.3 is 14.8 Å². The maximum atomic E-state index is 14.9. The maximum absolute atomic E-state index is 14.9. The highest BCUT2D eigenvalue weighted by atomic mass is 19.1. The zero-order chi connectivity index (χ0) is 23.5. The number of benzene rings is 1. The lowest BCUT2D eigenvalue weighted by Crippen LogP contribution is -2.44. The number of hydrogen-bond donors (Lipinski definition) is 1. The summed E-state index contributed by atoms with van der Waals surface area (Å²) in [6, 6.07) is 3.85. The van der Waals surface area contributed by atoms with Gasteiger partial charge >= 0.3 is 12.2 Å². The van der Waals surface area contributed by atoms with Crippen molar-refractivity contribution >= 4 is 29.5 Å². The first-order valence-corrected chi connectivity index (χ1v) is 9.74. The van der Waals surface area contributed by atoms with Crippen LogP contribution in [0.4, 0.5) is 25.4 Å². The fourth-order valence-electron chi connectivity index (χ4n) is 2.39. The molecule has 0 saturated carbocycles. The van der Waals surface area contributed by atoms with Crippen LogP contribution < -0.4 is 10.2 Å². The number of ether oxygens (including phenoxy) is 2. The van der Waals surface area contributed by atoms with Crippen molar-refractivity contribution < 1.29 is 28.2 Å². The van der Waals surface area contributed by atoms with Gasteiger partial charge in [-0.25, -0.2) is 14.0 Å². The topological polar surface area (TPSA) is 84.9 Å². The molecule has 1 aromatic rings. The van der Waals surface area contributed by atoms with Crippen molar-refractivity contribution in [2.45, 2.75) is 79.9 Å². The summed E-state index contributed by atoms with van der Waals surface area (Å²) in [6.07, 6.45) is -2.08. The van der Waals surface area contributed by atoms with E-state index < -0.39 is 34.9 Å². The number of carbonyl (C=O) groups excluding carboxylic acids is 3. The maximum Gasteiger partial charge on any atom is 0.424 e. The van der Waals surface area contributed by atoms with Gasteiger partial charge in [-0.2, -0.15) is 4.90 Å². The molecule has 0 radical (unpaired) electrons. The second-order valence-corrected chi connectivity index (χ2v) is 10.2. The molecule has 30 heavy (non-hydrogen) atoms. The van der Waals surface area contributed by atoms with E-state index in [1.54, 1.807) is 41.5 Å². The Labute approximate surface area is 177 Å². The van der Waals surface area contributed by atoms with Gasteiger partial charge in [-0.3, -0.25) is 4.79 Å². The van der Waals surface area contributed by atoms with Crippen molar-refractivity contribution in [1.29, 1.82) is 0 Å². The van der Waals surface area contributed by atoms with Crippen molar-refractivity contribution in [3.8, 4) is 0 Å². The number of para-hydroxylation sites is 1. The highest BCUT2D eigenvalue weighted by Crippen LogP contribution is 2.33. The van der Waals surface area contributed by atoms with Gasteiger partial charge in [0.2, 0.25) is 5.91 Å². The number of carbonyl (C=O) groups is 3. The van der Waals surface area contributed by atoms with E-state index in [4.69, 9.17) is 9.47 Å². The summed E-state index contributed by atoms with van der Waals surface area (Å²) in [5.74, 6) is -1.28. The minimum Gasteiger partial charge on any atom is -0.443 e. The predicted octanol–water partition coefficient (Wildman–Crippen LogP) is 5.88. The number of halogens is 1. The molecule has 168 valence electrons. The molecule has 0 aliphatic heterocycles. The molecule has 0 fully saturated rings. The first kappa shape index (κ1) is 25.4. The third kappa shape index (κ3) is 8.39. The lowest BCUT2D eigenvalue weighted by molar-refractivity contribution is -0.117. The molecule has 0 spiro atoms. The van der Waals surface area contributed by atoms with Crippen LogP contribution in [0.3, 0.4) is 0 Å². The lowest BCUT2D eigenvalue weighted by Gasteiger charge is -2.30. The Morgan fingerprint density at radius 1 is 0.900 bits per heavy atom. The van der Waals surface area contributed by atoms with Crippen molar-refractivity contribution in [2.24, 2.45) is 5.41 Å². The molecule has 0 aliphatic rings. The average Bonchev–Trinajstić information content (AvgIpc) is 2.44. The summed E-state index contributed by atoms with van der Waals surface area (Å²) in [6.45, 7) is 15.3. The van der Waals surface area contributed by atoms with E-state index in [0.29, 0.717) is 4.90 Å². The van der Waals surface area contributed by atoms with Gasteiger partial charge in [-0.05, 0) is 59.1 Å². The number of nitrogens with one attached hydrogen (secondary N) is 1. The normalized spacial score (nSPS) is 12.2. The number of imide groups is 1. The standard InChI is InChI=1S/C22H33FN2O5/c1-20(2,3)13-16(26)24-15-12-10-11-14(23)17(15)25(18(27)29-21(4,5)6)19(28)30-22(7,8)9/h10-12H,13H2,1-9H3,(H,24,26). The Morgan fingerprint density at radius 2 is 1.37 bits per heavy atom. The molecule has 1 rings (SSSR count). The van der Waals surface area contributed by atoms with Crippen molar-refractivity contribution in [3.63, 3.8) is 0 Å². The van der Waals surface area contributed by atoms with Gasteiger partial charge in [0.15, 0.2) is 0 Å². The second kappa shape index (κ2) is 9.02. The van der Waals surface area contributed by atoms with Gasteiger partial charge in [-0.1, -0.05) is 26.8 Å². The first-order chi connectivity index (χ1) is 13.4. The molecular weight excluding hydrogens is 391 g/mol. The Bertz CT molecular complexity index is 773. The van der Waals surface area contributed by atoms with E-state index in [1.165, 1.54) is 12.1 Å². The van der Waals surface area contributed by atoms with E-state index in [2.05, 4.69) is 5.32 Å². The number of hydrogen-bond acceptors (Lipinski definition) is 5. The minimum absolute atomic E-state index is 0.0408. The molecule has 8 heteroatoms. The molecule has 0 aliphatic carbocycles. The zero-order valence-corrected chi connectivity index (χ0v) is 19.3. The number of amides is 3. The van der Waals surface area contributed by atoms with Gasteiger partial charge in [0.1, 0.15) is 22.7 Å². The van der Waals surface area contributed by atoms with Crippen LogP contribution in [-0.4, -0.2) is 29.3 Å². The lowest BCUT2D eigenvalue weighted by atomic mass is 9.92. The molecule has 0 atom stereocenters. The van der Waals surface area contributed by atoms with Crippen LogP contribution in [0.2, 0.25) is 0 Å². The van der Waals surface area contributed by atoms with Crippen molar-refractivity contribution in [1.82, 2.24) is 0 Å². The van der Waals surface area contributed by atoms with Gasteiger partial charge in [-0.15, -0.1) is 0 Å². The van der Waals surface area contributed by atoms with Gasteiger partial charge in [0.05, 0.1) is 5.69 Å². The van der Waals surface area contributed by atoms with E-state index in [1.807, 2.05) is 20.8 Å². The minimum atomic E-state index is -1.12. The molecule has 0 unspecified atom stereocenters. The van der Waals surface area contributed by atoms with Crippen molar-refractivity contribution in [2.75, 3.05) is 10.2 Å². The largest absolute Gasteiger partial charge is 0.443 e. The molecule has 0 heterocycles. The molecule has 3 amide bonds. The monoisotopic (exact) mass is 424 g/mol. The number of nitrogens with zero attached hydrogens (tertiary/aromatic N) is 1.